The number of likely N-dealkylation sites (tertiary alicyclic amines) is 1. The monoisotopic (exact) mass is 428 g/mol. The minimum atomic E-state index is 0.0542. The number of thioether (sulfide) groups is 1. The maximum absolute atomic E-state index is 12.4. The Morgan fingerprint density at radius 2 is 1.83 bits per heavy atom. The smallest absolute Gasteiger partial charge is 0.224 e. The van der Waals surface area contributed by atoms with Crippen molar-refractivity contribution >= 4 is 17.7 Å². The largest absolute Gasteiger partial charge is 0.493 e. The molecular formula is C24H32N2O3S. The van der Waals surface area contributed by atoms with Crippen molar-refractivity contribution < 1.29 is 14.3 Å². The molecular weight excluding hydrogens is 396 g/mol. The van der Waals surface area contributed by atoms with E-state index in [4.69, 9.17) is 9.47 Å². The van der Waals surface area contributed by atoms with E-state index in [1.807, 2.05) is 30.0 Å². The Labute approximate surface area is 184 Å². The molecule has 1 heterocycles. The third kappa shape index (κ3) is 6.16. The predicted molar refractivity (Wildman–Crippen MR) is 122 cm³/mol. The molecule has 6 heteroatoms. The number of nitrogens with zero attached hydrogens (tertiary/aromatic N) is 1. The number of hydrogen-bond donors (Lipinski definition) is 1. The van der Waals surface area contributed by atoms with Gasteiger partial charge in [-0.3, -0.25) is 9.69 Å². The van der Waals surface area contributed by atoms with E-state index < -0.39 is 0 Å². The van der Waals surface area contributed by atoms with Crippen LogP contribution in [0.25, 0.3) is 0 Å². The van der Waals surface area contributed by atoms with Gasteiger partial charge in [0.25, 0.3) is 0 Å². The van der Waals surface area contributed by atoms with Gasteiger partial charge in [0.1, 0.15) is 0 Å². The molecule has 0 aliphatic carbocycles. The van der Waals surface area contributed by atoms with Crippen molar-refractivity contribution in [3.63, 3.8) is 0 Å². The van der Waals surface area contributed by atoms with Gasteiger partial charge in [-0.05, 0) is 67.4 Å². The van der Waals surface area contributed by atoms with Crippen LogP contribution in [0.1, 0.15) is 24.0 Å². The van der Waals surface area contributed by atoms with Crippen LogP contribution in [0.3, 0.4) is 0 Å². The van der Waals surface area contributed by atoms with Gasteiger partial charge in [-0.15, -0.1) is 11.8 Å². The molecule has 1 saturated heterocycles. The van der Waals surface area contributed by atoms with Crippen LogP contribution in [-0.4, -0.2) is 50.9 Å². The number of ether oxygens (including phenoxy) is 2. The van der Waals surface area contributed by atoms with Crippen molar-refractivity contribution in [3.05, 3.63) is 53.6 Å². The third-order valence-electron chi connectivity index (χ3n) is 5.69. The topological polar surface area (TPSA) is 50.8 Å². The Morgan fingerprint density at radius 1 is 1.10 bits per heavy atom. The van der Waals surface area contributed by atoms with Crippen LogP contribution < -0.4 is 14.8 Å². The van der Waals surface area contributed by atoms with Gasteiger partial charge in [0, 0.05) is 18.0 Å². The molecule has 0 unspecified atom stereocenters. The van der Waals surface area contributed by atoms with E-state index in [-0.39, 0.29) is 5.91 Å². The number of nitrogens with one attached hydrogen (secondary N) is 1. The fraction of sp³-hybridized carbons (Fsp3) is 0.458. The van der Waals surface area contributed by atoms with E-state index in [9.17, 15) is 4.79 Å². The molecule has 5 nitrogen and oxygen atoms in total. The number of hydrogen-bond acceptors (Lipinski definition) is 5. The highest BCUT2D eigenvalue weighted by molar-refractivity contribution is 7.98. The number of piperidine rings is 1. The second-order valence-corrected chi connectivity index (χ2v) is 8.55. The molecule has 1 amide bonds. The summed E-state index contributed by atoms with van der Waals surface area (Å²) in [5, 5.41) is 3.12. The summed E-state index contributed by atoms with van der Waals surface area (Å²) in [7, 11) is 3.21. The third-order valence-corrected chi connectivity index (χ3v) is 6.53. The average molecular weight is 429 g/mol. The molecule has 0 bridgehead atoms. The molecule has 0 saturated carbocycles. The summed E-state index contributed by atoms with van der Waals surface area (Å²) in [4.78, 5) is 16.3. The first-order valence-corrected chi connectivity index (χ1v) is 11.7. The van der Waals surface area contributed by atoms with E-state index >= 15 is 0 Å². The summed E-state index contributed by atoms with van der Waals surface area (Å²) in [5.74, 6) is 1.93. The van der Waals surface area contributed by atoms with E-state index in [2.05, 4.69) is 40.7 Å². The van der Waals surface area contributed by atoms with E-state index in [0.717, 1.165) is 44.6 Å². The zero-order valence-corrected chi connectivity index (χ0v) is 19.0. The zero-order chi connectivity index (χ0) is 21.3. The molecule has 1 aliphatic heterocycles. The predicted octanol–water partition coefficient (Wildman–Crippen LogP) is 4.00. The Kier molecular flexibility index (Phi) is 8.46. The minimum Gasteiger partial charge on any atom is -0.493 e. The first-order chi connectivity index (χ1) is 14.6. The number of methoxy groups -OCH3 is 2. The molecule has 0 aromatic heterocycles. The SMILES string of the molecule is COc1ccc(CC(=O)NCC2CCN(Cc3ccccc3SC)CC2)cc1OC. The number of carbonyl (C=O) groups excluding carboxylic acids is 1. The molecule has 30 heavy (non-hydrogen) atoms. The van der Waals surface area contributed by atoms with Gasteiger partial charge in [-0.25, -0.2) is 0 Å². The first-order valence-electron chi connectivity index (χ1n) is 10.4. The quantitative estimate of drug-likeness (QED) is 0.612. The van der Waals surface area contributed by atoms with Gasteiger partial charge in [0.15, 0.2) is 11.5 Å². The highest BCUT2D eigenvalue weighted by Crippen LogP contribution is 2.28. The highest BCUT2D eigenvalue weighted by Gasteiger charge is 2.20. The van der Waals surface area contributed by atoms with Crippen LogP contribution in [0.15, 0.2) is 47.4 Å². The van der Waals surface area contributed by atoms with Crippen LogP contribution in [0, 0.1) is 5.92 Å². The van der Waals surface area contributed by atoms with Crippen molar-refractivity contribution in [3.8, 4) is 11.5 Å². The van der Waals surface area contributed by atoms with Crippen molar-refractivity contribution in [2.75, 3.05) is 40.1 Å². The first kappa shape index (κ1) is 22.5. The lowest BCUT2D eigenvalue weighted by atomic mass is 9.96. The van der Waals surface area contributed by atoms with E-state index in [0.29, 0.717) is 23.8 Å². The normalized spacial score (nSPS) is 15.0. The maximum atomic E-state index is 12.4. The number of amides is 1. The fourth-order valence-electron chi connectivity index (χ4n) is 3.92. The van der Waals surface area contributed by atoms with Gasteiger partial charge < -0.3 is 14.8 Å². The molecule has 2 aromatic carbocycles. The highest BCUT2D eigenvalue weighted by atomic mass is 32.2. The lowest BCUT2D eigenvalue weighted by Gasteiger charge is -2.32. The van der Waals surface area contributed by atoms with Crippen LogP contribution in [0.5, 0.6) is 11.5 Å². The van der Waals surface area contributed by atoms with Gasteiger partial charge in [-0.2, -0.15) is 0 Å². The Morgan fingerprint density at radius 3 is 2.53 bits per heavy atom. The molecule has 0 atom stereocenters. The average Bonchev–Trinajstić information content (AvgIpc) is 2.79. The van der Waals surface area contributed by atoms with Crippen LogP contribution in [0.2, 0.25) is 0 Å². The van der Waals surface area contributed by atoms with Crippen LogP contribution in [0.4, 0.5) is 0 Å². The number of rotatable bonds is 9. The lowest BCUT2D eigenvalue weighted by Crippen LogP contribution is -2.38. The van der Waals surface area contributed by atoms with Gasteiger partial charge in [0.05, 0.1) is 20.6 Å². The summed E-state index contributed by atoms with van der Waals surface area (Å²) in [6.07, 6.45) is 4.73. The van der Waals surface area contributed by atoms with Crippen molar-refractivity contribution in [1.29, 1.82) is 0 Å². The molecule has 1 N–H and O–H groups in total. The van der Waals surface area contributed by atoms with Crippen molar-refractivity contribution in [1.82, 2.24) is 10.2 Å². The zero-order valence-electron chi connectivity index (χ0n) is 18.1. The number of carbonyl (C=O) groups is 1. The summed E-state index contributed by atoms with van der Waals surface area (Å²) < 4.78 is 10.6. The molecule has 2 aromatic rings. The van der Waals surface area contributed by atoms with Crippen LogP contribution >= 0.6 is 11.8 Å². The molecule has 1 aliphatic rings. The second-order valence-electron chi connectivity index (χ2n) is 7.70. The molecule has 3 rings (SSSR count). The van der Waals surface area contributed by atoms with Gasteiger partial charge in [-0.1, -0.05) is 24.3 Å². The van der Waals surface area contributed by atoms with Gasteiger partial charge in [0.2, 0.25) is 5.91 Å². The standard InChI is InChI=1S/C24H32N2O3S/c1-28-21-9-8-19(14-22(21)29-2)15-24(27)25-16-18-10-12-26(13-11-18)17-20-6-4-5-7-23(20)30-3/h4-9,14,18H,10-13,15-17H2,1-3H3,(H,25,27). The minimum absolute atomic E-state index is 0.0542. The Hall–Kier alpha value is -2.18. The van der Waals surface area contributed by atoms with Crippen molar-refractivity contribution in [2.24, 2.45) is 5.92 Å². The fourth-order valence-corrected chi connectivity index (χ4v) is 4.53. The Bertz CT molecular complexity index is 835. The summed E-state index contributed by atoms with van der Waals surface area (Å²) >= 11 is 1.81. The van der Waals surface area contributed by atoms with Crippen LogP contribution in [-0.2, 0) is 17.8 Å². The molecule has 0 spiro atoms. The van der Waals surface area contributed by atoms with Crippen molar-refractivity contribution in [2.45, 2.75) is 30.7 Å². The maximum Gasteiger partial charge on any atom is 0.224 e. The molecule has 162 valence electrons. The van der Waals surface area contributed by atoms with E-state index in [1.54, 1.807) is 14.2 Å². The Balaban J connectivity index is 1.41. The van der Waals surface area contributed by atoms with Gasteiger partial charge >= 0.3 is 0 Å². The summed E-state index contributed by atoms with van der Waals surface area (Å²) in [6, 6.07) is 14.3. The second kappa shape index (κ2) is 11.3. The molecule has 1 fully saturated rings. The summed E-state index contributed by atoms with van der Waals surface area (Å²) in [6.45, 7) is 3.93. The molecule has 0 radical (unpaired) electrons. The lowest BCUT2D eigenvalue weighted by molar-refractivity contribution is -0.120. The summed E-state index contributed by atoms with van der Waals surface area (Å²) in [5.41, 5.74) is 2.33. The van der Waals surface area contributed by atoms with E-state index in [1.165, 1.54) is 10.5 Å². The number of benzene rings is 2.